The first kappa shape index (κ1) is 42.7. The number of hydrogen-bond donors (Lipinski definition) is 0. The van der Waals surface area contributed by atoms with E-state index in [0.29, 0.717) is 0 Å². The Morgan fingerprint density at radius 2 is 0.771 bits per heavy atom. The lowest BCUT2D eigenvalue weighted by Crippen LogP contribution is -2.61. The van der Waals surface area contributed by atoms with Gasteiger partial charge in [-0.15, -0.1) is 0 Å². The van der Waals surface area contributed by atoms with Crippen molar-refractivity contribution in [3.63, 3.8) is 0 Å². The molecular formula is C67H59BN2. The van der Waals surface area contributed by atoms with Gasteiger partial charge in [0.1, 0.15) is 0 Å². The molecule has 0 atom stereocenters. The molecule has 0 aromatic heterocycles. The summed E-state index contributed by atoms with van der Waals surface area (Å²) < 4.78 is 0. The fraction of sp³-hybridized carbons (Fsp3) is 0.194. The highest BCUT2D eigenvalue weighted by Gasteiger charge is 2.52. The topological polar surface area (TPSA) is 6.48 Å². The summed E-state index contributed by atoms with van der Waals surface area (Å²) in [5, 5.41) is 0. The van der Waals surface area contributed by atoms with E-state index >= 15 is 0 Å². The Morgan fingerprint density at radius 1 is 0.329 bits per heavy atom. The predicted molar refractivity (Wildman–Crippen MR) is 298 cm³/mol. The van der Waals surface area contributed by atoms with Crippen molar-refractivity contribution in [3.05, 3.63) is 233 Å². The molecule has 2 nitrogen and oxygen atoms in total. The molecule has 2 aliphatic heterocycles. The van der Waals surface area contributed by atoms with Gasteiger partial charge in [0.05, 0.1) is 5.41 Å². The van der Waals surface area contributed by atoms with Gasteiger partial charge in [0.2, 0.25) is 0 Å². The van der Waals surface area contributed by atoms with Gasteiger partial charge in [0.15, 0.2) is 0 Å². The summed E-state index contributed by atoms with van der Waals surface area (Å²) in [7, 11) is 0. The first-order chi connectivity index (χ1) is 33.6. The molecule has 1 spiro atoms. The molecule has 2 aliphatic carbocycles. The molecule has 0 amide bonds. The molecule has 2 heterocycles. The summed E-state index contributed by atoms with van der Waals surface area (Å²) in [6.07, 6.45) is 0. The van der Waals surface area contributed by atoms with Crippen LogP contribution in [0.4, 0.5) is 34.1 Å². The standard InChI is InChI=1S/C67H59BN2/c1-64(2,3)44-22-19-23-47(38-44)69-59-39-45(65(4,5)6)30-34-57(59)68-58-35-31-46(66(7,8)9)40-60(58)70(62-37-43(36-61(69)63(62)68)42-20-11-10-12-21-42)48-32-33-56-52(41-48)51-26-15-18-29-55(51)67(56)53-27-16-13-24-49(53)50-25-14-17-28-54(50)67/h10-41H,1-9H3. The SMILES string of the molecule is CC(C)(C)c1cccc(N2c3cc(C(C)(C)C)ccc3B3c4ccc(C(C)(C)C)cc4N(c4ccc5c(c4)-c4ccccc4C54c5ccccc5-c5ccccc54)c4cc(-c5ccccc5)cc2c43)c1. The number of fused-ring (bicyclic) bond motifs is 14. The number of hydrogen-bond acceptors (Lipinski definition) is 2. The van der Waals surface area contributed by atoms with E-state index in [4.69, 9.17) is 0 Å². The van der Waals surface area contributed by atoms with Crippen LogP contribution in [0.25, 0.3) is 33.4 Å². The molecule has 13 rings (SSSR count). The van der Waals surface area contributed by atoms with Crippen molar-refractivity contribution < 1.29 is 0 Å². The molecule has 9 aromatic rings. The van der Waals surface area contributed by atoms with E-state index in [9.17, 15) is 0 Å². The van der Waals surface area contributed by atoms with Crippen molar-refractivity contribution in [1.82, 2.24) is 0 Å². The summed E-state index contributed by atoms with van der Waals surface area (Å²) in [4.78, 5) is 5.24. The first-order valence-electron chi connectivity index (χ1n) is 25.3. The fourth-order valence-electron chi connectivity index (χ4n) is 12.6. The minimum atomic E-state index is -0.411. The predicted octanol–water partition coefficient (Wildman–Crippen LogP) is 15.7. The third kappa shape index (κ3) is 6.06. The van der Waals surface area contributed by atoms with Crippen molar-refractivity contribution in [2.75, 3.05) is 9.80 Å². The molecule has 0 saturated carbocycles. The third-order valence-electron chi connectivity index (χ3n) is 16.1. The molecule has 0 bridgehead atoms. The highest BCUT2D eigenvalue weighted by molar-refractivity contribution is 7.00. The Morgan fingerprint density at radius 3 is 1.29 bits per heavy atom. The van der Waals surface area contributed by atoms with Gasteiger partial charge in [0, 0.05) is 34.1 Å². The van der Waals surface area contributed by atoms with Crippen LogP contribution in [0.1, 0.15) is 101 Å². The van der Waals surface area contributed by atoms with Crippen LogP contribution in [0, 0.1) is 0 Å². The second-order valence-electron chi connectivity index (χ2n) is 23.4. The van der Waals surface area contributed by atoms with Crippen LogP contribution < -0.4 is 26.2 Å². The molecule has 9 aromatic carbocycles. The monoisotopic (exact) mass is 902 g/mol. The average molecular weight is 903 g/mol. The van der Waals surface area contributed by atoms with Crippen molar-refractivity contribution in [1.29, 1.82) is 0 Å². The summed E-state index contributed by atoms with van der Waals surface area (Å²) in [5.74, 6) is 0. The average Bonchev–Trinajstić information content (AvgIpc) is 3.82. The zero-order chi connectivity index (χ0) is 48.1. The number of anilines is 6. The van der Waals surface area contributed by atoms with Crippen LogP contribution in [0.2, 0.25) is 0 Å². The van der Waals surface area contributed by atoms with Crippen molar-refractivity contribution in [2.45, 2.75) is 84.0 Å². The number of rotatable bonds is 3. The highest BCUT2D eigenvalue weighted by atomic mass is 15.2. The molecule has 0 radical (unpaired) electrons. The zero-order valence-corrected chi connectivity index (χ0v) is 41.9. The number of nitrogens with zero attached hydrogens (tertiary/aromatic N) is 2. The van der Waals surface area contributed by atoms with E-state index < -0.39 is 5.41 Å². The van der Waals surface area contributed by atoms with Crippen molar-refractivity contribution in [3.8, 4) is 33.4 Å². The molecule has 0 fully saturated rings. The summed E-state index contributed by atoms with van der Waals surface area (Å²) in [6.45, 7) is 21.0. The van der Waals surface area contributed by atoms with Crippen LogP contribution in [0.5, 0.6) is 0 Å². The Hall–Kier alpha value is -7.36. The number of benzene rings is 9. The van der Waals surface area contributed by atoms with Gasteiger partial charge in [0.25, 0.3) is 6.71 Å². The van der Waals surface area contributed by atoms with E-state index in [2.05, 4.69) is 266 Å². The van der Waals surface area contributed by atoms with Crippen LogP contribution in [0.3, 0.4) is 0 Å². The van der Waals surface area contributed by atoms with Gasteiger partial charge in [-0.05, 0) is 153 Å². The van der Waals surface area contributed by atoms with Gasteiger partial charge in [-0.2, -0.15) is 0 Å². The normalized spacial score (nSPS) is 14.7. The van der Waals surface area contributed by atoms with Gasteiger partial charge >= 0.3 is 0 Å². The largest absolute Gasteiger partial charge is 0.311 e. The maximum Gasteiger partial charge on any atom is 0.252 e. The Bertz CT molecular complexity index is 3590. The second kappa shape index (κ2) is 14.8. The molecular weight excluding hydrogens is 844 g/mol. The molecule has 3 heteroatoms. The zero-order valence-electron chi connectivity index (χ0n) is 41.9. The quantitative estimate of drug-likeness (QED) is 0.163. The van der Waals surface area contributed by atoms with Gasteiger partial charge in [-0.25, -0.2) is 0 Å². The lowest BCUT2D eigenvalue weighted by Gasteiger charge is -2.45. The van der Waals surface area contributed by atoms with E-state index in [0.717, 1.165) is 0 Å². The molecule has 0 saturated heterocycles. The van der Waals surface area contributed by atoms with Crippen LogP contribution in [-0.2, 0) is 21.7 Å². The van der Waals surface area contributed by atoms with Gasteiger partial charge < -0.3 is 9.80 Å². The van der Waals surface area contributed by atoms with E-state index in [1.165, 1.54) is 123 Å². The van der Waals surface area contributed by atoms with Crippen LogP contribution in [-0.4, -0.2) is 6.71 Å². The van der Waals surface area contributed by atoms with E-state index in [1.54, 1.807) is 0 Å². The third-order valence-corrected chi connectivity index (χ3v) is 16.1. The molecule has 70 heavy (non-hydrogen) atoms. The second-order valence-corrected chi connectivity index (χ2v) is 23.4. The minimum absolute atomic E-state index is 0.00562. The van der Waals surface area contributed by atoms with E-state index in [1.807, 2.05) is 0 Å². The van der Waals surface area contributed by atoms with Gasteiger partial charge in [-0.1, -0.05) is 208 Å². The Labute approximate surface area is 415 Å². The molecule has 340 valence electrons. The maximum absolute atomic E-state index is 2.63. The summed E-state index contributed by atoms with van der Waals surface area (Å²) in [5.41, 5.74) is 27.8. The Balaban J connectivity index is 1.13. The van der Waals surface area contributed by atoms with E-state index in [-0.39, 0.29) is 23.0 Å². The molecule has 0 unspecified atom stereocenters. The smallest absolute Gasteiger partial charge is 0.252 e. The van der Waals surface area contributed by atoms with Crippen LogP contribution >= 0.6 is 0 Å². The molecule has 0 N–H and O–H groups in total. The summed E-state index contributed by atoms with van der Waals surface area (Å²) in [6, 6.07) is 74.9. The van der Waals surface area contributed by atoms with Crippen LogP contribution in [0.15, 0.2) is 194 Å². The van der Waals surface area contributed by atoms with Crippen molar-refractivity contribution in [2.24, 2.45) is 0 Å². The molecule has 4 aliphatic rings. The highest BCUT2D eigenvalue weighted by Crippen LogP contribution is 2.63. The lowest BCUT2D eigenvalue weighted by atomic mass is 9.33. The van der Waals surface area contributed by atoms with Crippen molar-refractivity contribution >= 4 is 57.2 Å². The van der Waals surface area contributed by atoms with Gasteiger partial charge in [-0.3, -0.25) is 0 Å². The first-order valence-corrected chi connectivity index (χ1v) is 25.3. The summed E-state index contributed by atoms with van der Waals surface area (Å²) >= 11 is 0. The fourth-order valence-corrected chi connectivity index (χ4v) is 12.6. The minimum Gasteiger partial charge on any atom is -0.311 e. The lowest BCUT2D eigenvalue weighted by molar-refractivity contribution is 0.590. The maximum atomic E-state index is 2.63. The Kier molecular flexibility index (Phi) is 9.05.